The monoisotopic (exact) mass is 364 g/mol. The Morgan fingerprint density at radius 1 is 1.42 bits per heavy atom. The topological polar surface area (TPSA) is 98.9 Å². The Bertz CT molecular complexity index is 571. The molecule has 4 N–H and O–H groups in total. The van der Waals surface area contributed by atoms with Gasteiger partial charge in [0.2, 0.25) is 5.91 Å². The van der Waals surface area contributed by atoms with Crippen LogP contribution in [-0.4, -0.2) is 42.1 Å². The first kappa shape index (κ1) is 20.3. The molecule has 26 heavy (non-hydrogen) atoms. The third-order valence-electron chi connectivity index (χ3n) is 4.45. The van der Waals surface area contributed by atoms with Gasteiger partial charge in [-0.3, -0.25) is 9.79 Å². The number of nitrogens with zero attached hydrogens (tertiary/aromatic N) is 1. The van der Waals surface area contributed by atoms with Crippen molar-refractivity contribution >= 4 is 11.9 Å². The van der Waals surface area contributed by atoms with E-state index in [1.165, 1.54) is 6.26 Å². The number of aliphatic imine (C=N–C) groups is 1. The Kier molecular flexibility index (Phi) is 7.97. The largest absolute Gasteiger partial charge is 0.467 e. The minimum atomic E-state index is -0.767. The number of hydrogen-bond acceptors (Lipinski definition) is 4. The summed E-state index contributed by atoms with van der Waals surface area (Å²) in [5.74, 6) is 1.35. The molecular formula is C19H32N4O3. The second-order valence-corrected chi connectivity index (χ2v) is 7.12. The van der Waals surface area contributed by atoms with Crippen molar-refractivity contribution in [1.82, 2.24) is 16.0 Å². The summed E-state index contributed by atoms with van der Waals surface area (Å²) >= 11 is 0. The van der Waals surface area contributed by atoms with Crippen LogP contribution >= 0.6 is 0 Å². The third-order valence-corrected chi connectivity index (χ3v) is 4.45. The highest BCUT2D eigenvalue weighted by molar-refractivity contribution is 5.81. The normalized spacial score (nSPS) is 22.1. The molecular weight excluding hydrogens is 332 g/mol. The van der Waals surface area contributed by atoms with Crippen molar-refractivity contribution < 1.29 is 14.3 Å². The van der Waals surface area contributed by atoms with Crippen molar-refractivity contribution in [2.45, 2.75) is 64.6 Å². The van der Waals surface area contributed by atoms with Crippen molar-refractivity contribution in [3.8, 4) is 0 Å². The fraction of sp³-hybridized carbons (Fsp3) is 0.684. The predicted octanol–water partition coefficient (Wildman–Crippen LogP) is 1.95. The Morgan fingerprint density at radius 2 is 2.23 bits per heavy atom. The highest BCUT2D eigenvalue weighted by Crippen LogP contribution is 2.24. The lowest BCUT2D eigenvalue weighted by Gasteiger charge is -2.30. The first-order valence-corrected chi connectivity index (χ1v) is 9.56. The van der Waals surface area contributed by atoms with Crippen LogP contribution in [0, 0.1) is 5.92 Å². The van der Waals surface area contributed by atoms with Gasteiger partial charge < -0.3 is 25.5 Å². The van der Waals surface area contributed by atoms with Gasteiger partial charge in [-0.25, -0.2) is 0 Å². The molecule has 1 aliphatic rings. The van der Waals surface area contributed by atoms with Crippen LogP contribution in [0.4, 0.5) is 0 Å². The van der Waals surface area contributed by atoms with Crippen LogP contribution in [0.5, 0.6) is 0 Å². The summed E-state index contributed by atoms with van der Waals surface area (Å²) < 4.78 is 5.21. The lowest BCUT2D eigenvalue weighted by molar-refractivity contribution is -0.126. The molecule has 1 aromatic rings. The van der Waals surface area contributed by atoms with E-state index in [2.05, 4.69) is 20.9 Å². The molecule has 3 atom stereocenters. The van der Waals surface area contributed by atoms with E-state index in [1.807, 2.05) is 20.8 Å². The van der Waals surface area contributed by atoms with Gasteiger partial charge in [0.15, 0.2) is 5.96 Å². The molecule has 1 aromatic heterocycles. The summed E-state index contributed by atoms with van der Waals surface area (Å²) in [6.07, 6.45) is 4.52. The average Bonchev–Trinajstić information content (AvgIpc) is 3.14. The molecule has 7 nitrogen and oxygen atoms in total. The van der Waals surface area contributed by atoms with Crippen molar-refractivity contribution in [3.05, 3.63) is 24.2 Å². The Balaban J connectivity index is 1.91. The Morgan fingerprint density at radius 3 is 2.88 bits per heavy atom. The van der Waals surface area contributed by atoms with E-state index < -0.39 is 6.10 Å². The Labute approximate surface area is 155 Å². The highest BCUT2D eigenvalue weighted by atomic mass is 16.4. The standard InChI is InChI=1S/C19H32N4O3/c1-4-20-19(21-12-16(24)17-9-6-10-26-17)23-15-8-5-7-14(11-15)18(25)22-13(2)3/h6,9-10,13-16,24H,4-5,7-8,11-12H2,1-3H3,(H,22,25)(H2,20,21,23). The first-order valence-electron chi connectivity index (χ1n) is 9.56. The smallest absolute Gasteiger partial charge is 0.223 e. The minimum Gasteiger partial charge on any atom is -0.467 e. The second-order valence-electron chi connectivity index (χ2n) is 7.12. The third kappa shape index (κ3) is 6.37. The Hall–Kier alpha value is -2.02. The van der Waals surface area contributed by atoms with Crippen LogP contribution < -0.4 is 16.0 Å². The summed E-state index contributed by atoms with van der Waals surface area (Å²) in [5, 5.41) is 19.7. The van der Waals surface area contributed by atoms with E-state index in [0.29, 0.717) is 11.7 Å². The summed E-state index contributed by atoms with van der Waals surface area (Å²) in [6, 6.07) is 3.85. The van der Waals surface area contributed by atoms with E-state index in [-0.39, 0.29) is 30.5 Å². The maximum Gasteiger partial charge on any atom is 0.223 e. The zero-order valence-electron chi connectivity index (χ0n) is 16.0. The maximum atomic E-state index is 12.3. The molecule has 0 aromatic carbocycles. The molecule has 0 saturated heterocycles. The molecule has 0 radical (unpaired) electrons. The van der Waals surface area contributed by atoms with Crippen molar-refractivity contribution in [2.24, 2.45) is 10.9 Å². The number of aliphatic hydroxyl groups excluding tert-OH is 1. The van der Waals surface area contributed by atoms with Gasteiger partial charge >= 0.3 is 0 Å². The fourth-order valence-electron chi connectivity index (χ4n) is 3.22. The van der Waals surface area contributed by atoms with Gasteiger partial charge in [0.05, 0.1) is 12.8 Å². The van der Waals surface area contributed by atoms with Gasteiger partial charge in [-0.05, 0) is 52.2 Å². The number of amides is 1. The molecule has 1 aliphatic carbocycles. The van der Waals surface area contributed by atoms with E-state index in [9.17, 15) is 9.90 Å². The van der Waals surface area contributed by atoms with Gasteiger partial charge in [0.1, 0.15) is 11.9 Å². The van der Waals surface area contributed by atoms with Crippen molar-refractivity contribution in [1.29, 1.82) is 0 Å². The molecule has 1 saturated carbocycles. The van der Waals surface area contributed by atoms with Crippen LogP contribution in [-0.2, 0) is 4.79 Å². The molecule has 1 amide bonds. The van der Waals surface area contributed by atoms with Crippen molar-refractivity contribution in [2.75, 3.05) is 13.1 Å². The highest BCUT2D eigenvalue weighted by Gasteiger charge is 2.28. The van der Waals surface area contributed by atoms with Crippen LogP contribution in [0.3, 0.4) is 0 Å². The molecule has 0 spiro atoms. The van der Waals surface area contributed by atoms with Crippen LogP contribution in [0.2, 0.25) is 0 Å². The maximum absolute atomic E-state index is 12.3. The van der Waals surface area contributed by atoms with E-state index >= 15 is 0 Å². The molecule has 1 fully saturated rings. The summed E-state index contributed by atoms with van der Waals surface area (Å²) in [4.78, 5) is 16.7. The van der Waals surface area contributed by atoms with E-state index in [1.54, 1.807) is 12.1 Å². The quantitative estimate of drug-likeness (QED) is 0.438. The summed E-state index contributed by atoms with van der Waals surface area (Å²) in [5.41, 5.74) is 0. The number of nitrogens with one attached hydrogen (secondary N) is 3. The van der Waals surface area contributed by atoms with Crippen LogP contribution in [0.1, 0.15) is 58.3 Å². The summed E-state index contributed by atoms with van der Waals surface area (Å²) in [6.45, 7) is 6.91. The summed E-state index contributed by atoms with van der Waals surface area (Å²) in [7, 11) is 0. The number of carbonyl (C=O) groups excluding carboxylic acids is 1. The lowest BCUT2D eigenvalue weighted by atomic mass is 9.85. The molecule has 0 aliphatic heterocycles. The zero-order chi connectivity index (χ0) is 18.9. The fourth-order valence-corrected chi connectivity index (χ4v) is 3.22. The van der Waals surface area contributed by atoms with E-state index in [4.69, 9.17) is 4.42 Å². The van der Waals surface area contributed by atoms with Crippen LogP contribution in [0.25, 0.3) is 0 Å². The van der Waals surface area contributed by atoms with Gasteiger partial charge in [-0.15, -0.1) is 0 Å². The molecule has 0 bridgehead atoms. The predicted molar refractivity (Wildman–Crippen MR) is 102 cm³/mol. The van der Waals surface area contributed by atoms with E-state index in [0.717, 1.165) is 32.2 Å². The molecule has 2 rings (SSSR count). The molecule has 3 unspecified atom stereocenters. The van der Waals surface area contributed by atoms with Gasteiger partial charge in [-0.2, -0.15) is 0 Å². The number of hydrogen-bond donors (Lipinski definition) is 4. The molecule has 7 heteroatoms. The SMILES string of the molecule is CCNC(=NCC(O)c1ccco1)NC1CCCC(C(=O)NC(C)C)C1. The minimum absolute atomic E-state index is 0.0419. The lowest BCUT2D eigenvalue weighted by Crippen LogP contribution is -2.47. The number of carbonyl (C=O) groups is 1. The van der Waals surface area contributed by atoms with Crippen LogP contribution in [0.15, 0.2) is 27.8 Å². The molecule has 1 heterocycles. The first-order chi connectivity index (χ1) is 12.5. The van der Waals surface area contributed by atoms with Gasteiger partial charge in [0.25, 0.3) is 0 Å². The van der Waals surface area contributed by atoms with Crippen molar-refractivity contribution in [3.63, 3.8) is 0 Å². The number of aliphatic hydroxyl groups is 1. The van der Waals surface area contributed by atoms with Gasteiger partial charge in [0, 0.05) is 24.5 Å². The number of rotatable bonds is 7. The zero-order valence-corrected chi connectivity index (χ0v) is 16.0. The number of furan rings is 1. The number of guanidine groups is 1. The second kappa shape index (κ2) is 10.2. The molecule has 146 valence electrons. The average molecular weight is 364 g/mol. The van der Waals surface area contributed by atoms with Gasteiger partial charge in [-0.1, -0.05) is 6.42 Å².